The first-order valence-corrected chi connectivity index (χ1v) is 9.96. The lowest BCUT2D eigenvalue weighted by atomic mass is 10.1. The molecule has 1 fully saturated rings. The standard InChI is InChI=1S/C22H19N3O2S/c23-15-19(21(26)24-11-13-27-14-12-24)22-25(18-9-5-2-6-10-18)20(16-28-22)17-7-3-1-4-8-17/h1-10,16H,11-14H2/b22-19+. The van der Waals surface area contributed by atoms with Gasteiger partial charge in [-0.25, -0.2) is 0 Å². The van der Waals surface area contributed by atoms with Crippen molar-refractivity contribution in [1.82, 2.24) is 4.90 Å². The summed E-state index contributed by atoms with van der Waals surface area (Å²) in [6, 6.07) is 22.0. The Morgan fingerprint density at radius 2 is 1.64 bits per heavy atom. The van der Waals surface area contributed by atoms with Crippen LogP contribution in [0.4, 0.5) is 5.69 Å². The molecule has 2 aromatic carbocycles. The van der Waals surface area contributed by atoms with E-state index < -0.39 is 0 Å². The van der Waals surface area contributed by atoms with E-state index >= 15 is 0 Å². The molecule has 2 aromatic rings. The average Bonchev–Trinajstić information content (AvgIpc) is 3.21. The van der Waals surface area contributed by atoms with E-state index in [1.165, 1.54) is 11.8 Å². The molecule has 0 saturated carbocycles. The van der Waals surface area contributed by atoms with Crippen LogP contribution in [0.1, 0.15) is 5.56 Å². The van der Waals surface area contributed by atoms with Gasteiger partial charge in [-0.2, -0.15) is 5.26 Å². The first kappa shape index (κ1) is 18.4. The third-order valence-electron chi connectivity index (χ3n) is 4.65. The second-order valence-electron chi connectivity index (χ2n) is 6.35. The third kappa shape index (κ3) is 3.55. The molecule has 5 nitrogen and oxygen atoms in total. The number of thioether (sulfide) groups is 1. The number of anilines is 1. The van der Waals surface area contributed by atoms with Crippen molar-refractivity contribution in [1.29, 1.82) is 5.26 Å². The second kappa shape index (κ2) is 8.34. The lowest BCUT2D eigenvalue weighted by Crippen LogP contribution is -2.41. The predicted molar refractivity (Wildman–Crippen MR) is 111 cm³/mol. The van der Waals surface area contributed by atoms with Crippen LogP contribution < -0.4 is 4.90 Å². The van der Waals surface area contributed by atoms with Crippen LogP contribution in [-0.4, -0.2) is 37.1 Å². The fraction of sp³-hybridized carbons (Fsp3) is 0.182. The molecule has 4 rings (SSSR count). The van der Waals surface area contributed by atoms with Crippen LogP contribution in [0.3, 0.4) is 0 Å². The zero-order chi connectivity index (χ0) is 19.3. The van der Waals surface area contributed by atoms with Gasteiger partial charge in [0.1, 0.15) is 16.7 Å². The summed E-state index contributed by atoms with van der Waals surface area (Å²) in [5, 5.41) is 12.5. The summed E-state index contributed by atoms with van der Waals surface area (Å²) >= 11 is 1.42. The molecule has 2 heterocycles. The largest absolute Gasteiger partial charge is 0.378 e. The SMILES string of the molecule is N#C/C(C(=O)N1CCOCC1)=C1\SC=C(c2ccccc2)N1c1ccccc1. The van der Waals surface area contributed by atoms with Crippen molar-refractivity contribution >= 4 is 29.1 Å². The van der Waals surface area contributed by atoms with Gasteiger partial charge in [0.15, 0.2) is 0 Å². The minimum absolute atomic E-state index is 0.165. The van der Waals surface area contributed by atoms with E-state index in [0.29, 0.717) is 31.3 Å². The molecule has 28 heavy (non-hydrogen) atoms. The van der Waals surface area contributed by atoms with Gasteiger partial charge in [0.2, 0.25) is 0 Å². The quantitative estimate of drug-likeness (QED) is 0.590. The van der Waals surface area contributed by atoms with Crippen LogP contribution in [0.2, 0.25) is 0 Å². The van der Waals surface area contributed by atoms with E-state index in [1.807, 2.05) is 71.0 Å². The van der Waals surface area contributed by atoms with Crippen LogP contribution in [0.15, 0.2) is 76.7 Å². The Bertz CT molecular complexity index is 958. The zero-order valence-corrected chi connectivity index (χ0v) is 16.1. The smallest absolute Gasteiger partial charge is 0.267 e. The molecule has 0 atom stereocenters. The second-order valence-corrected chi connectivity index (χ2v) is 7.21. The van der Waals surface area contributed by atoms with Gasteiger partial charge in [-0.1, -0.05) is 60.3 Å². The van der Waals surface area contributed by atoms with Gasteiger partial charge in [-0.05, 0) is 17.7 Å². The van der Waals surface area contributed by atoms with Crippen molar-refractivity contribution in [2.24, 2.45) is 0 Å². The van der Waals surface area contributed by atoms with Crippen LogP contribution in [0.5, 0.6) is 0 Å². The number of para-hydroxylation sites is 1. The molecule has 140 valence electrons. The molecule has 0 aliphatic carbocycles. The Hall–Kier alpha value is -3.01. The van der Waals surface area contributed by atoms with Gasteiger partial charge >= 0.3 is 0 Å². The third-order valence-corrected chi connectivity index (χ3v) is 5.60. The lowest BCUT2D eigenvalue weighted by molar-refractivity contribution is -0.130. The highest BCUT2D eigenvalue weighted by atomic mass is 32.2. The first-order valence-electron chi connectivity index (χ1n) is 9.08. The molecule has 1 amide bonds. The summed E-state index contributed by atoms with van der Waals surface area (Å²) in [5.41, 5.74) is 3.07. The summed E-state index contributed by atoms with van der Waals surface area (Å²) in [6.07, 6.45) is 0. The Balaban J connectivity index is 1.78. The highest BCUT2D eigenvalue weighted by molar-refractivity contribution is 8.06. The Morgan fingerprint density at radius 3 is 2.29 bits per heavy atom. The highest BCUT2D eigenvalue weighted by Crippen LogP contribution is 2.44. The van der Waals surface area contributed by atoms with Crippen LogP contribution in [0, 0.1) is 11.3 Å². The van der Waals surface area contributed by atoms with E-state index in [0.717, 1.165) is 16.9 Å². The molecule has 6 heteroatoms. The van der Waals surface area contributed by atoms with Gasteiger partial charge in [-0.15, -0.1) is 0 Å². The molecule has 2 aliphatic heterocycles. The van der Waals surface area contributed by atoms with Crippen LogP contribution in [-0.2, 0) is 9.53 Å². The van der Waals surface area contributed by atoms with Crippen molar-refractivity contribution in [3.63, 3.8) is 0 Å². The monoisotopic (exact) mass is 389 g/mol. The fourth-order valence-corrected chi connectivity index (χ4v) is 4.27. The van der Waals surface area contributed by atoms with Gasteiger partial charge in [0.25, 0.3) is 5.91 Å². The maximum absolute atomic E-state index is 13.1. The average molecular weight is 389 g/mol. The number of amides is 1. The molecule has 0 aromatic heterocycles. The van der Waals surface area contributed by atoms with Gasteiger partial charge in [-0.3, -0.25) is 4.79 Å². The summed E-state index contributed by atoms with van der Waals surface area (Å²) in [5.74, 6) is -0.239. The zero-order valence-electron chi connectivity index (χ0n) is 15.2. The summed E-state index contributed by atoms with van der Waals surface area (Å²) in [7, 11) is 0. The highest BCUT2D eigenvalue weighted by Gasteiger charge is 2.32. The van der Waals surface area contributed by atoms with E-state index in [-0.39, 0.29) is 11.5 Å². The molecule has 0 unspecified atom stereocenters. The minimum atomic E-state index is -0.239. The van der Waals surface area contributed by atoms with Crippen molar-refractivity contribution in [2.45, 2.75) is 0 Å². The molecule has 0 radical (unpaired) electrons. The van der Waals surface area contributed by atoms with Crippen molar-refractivity contribution in [2.75, 3.05) is 31.2 Å². The van der Waals surface area contributed by atoms with Crippen molar-refractivity contribution in [3.8, 4) is 6.07 Å². The summed E-state index contributed by atoms with van der Waals surface area (Å²) < 4.78 is 5.34. The van der Waals surface area contributed by atoms with E-state index in [2.05, 4.69) is 6.07 Å². The number of morpholine rings is 1. The maximum Gasteiger partial charge on any atom is 0.267 e. The van der Waals surface area contributed by atoms with Crippen molar-refractivity contribution < 1.29 is 9.53 Å². The van der Waals surface area contributed by atoms with E-state index in [4.69, 9.17) is 4.74 Å². The number of hydrogen-bond donors (Lipinski definition) is 0. The number of hydrogen-bond acceptors (Lipinski definition) is 5. The topological polar surface area (TPSA) is 56.6 Å². The Kier molecular flexibility index (Phi) is 5.47. The summed E-state index contributed by atoms with van der Waals surface area (Å²) in [6.45, 7) is 2.02. The van der Waals surface area contributed by atoms with E-state index in [9.17, 15) is 10.1 Å². The number of benzene rings is 2. The number of rotatable bonds is 3. The molecule has 2 aliphatic rings. The summed E-state index contributed by atoms with van der Waals surface area (Å²) in [4.78, 5) is 16.8. The van der Waals surface area contributed by atoms with Crippen LogP contribution >= 0.6 is 11.8 Å². The minimum Gasteiger partial charge on any atom is -0.378 e. The Labute approximate surface area is 168 Å². The fourth-order valence-electron chi connectivity index (χ4n) is 3.25. The normalized spacial score (nSPS) is 18.5. The Morgan fingerprint density at radius 1 is 1.00 bits per heavy atom. The number of carbonyl (C=O) groups excluding carboxylic acids is 1. The first-order chi connectivity index (χ1) is 13.8. The number of ether oxygens (including phenoxy) is 1. The van der Waals surface area contributed by atoms with Gasteiger partial charge in [0, 0.05) is 24.2 Å². The molecular weight excluding hydrogens is 370 g/mol. The molecule has 0 spiro atoms. The maximum atomic E-state index is 13.1. The molecule has 0 bridgehead atoms. The predicted octanol–water partition coefficient (Wildman–Crippen LogP) is 3.83. The number of carbonyl (C=O) groups is 1. The number of nitrogens with zero attached hydrogens (tertiary/aromatic N) is 3. The van der Waals surface area contributed by atoms with Gasteiger partial charge < -0.3 is 14.5 Å². The molecular formula is C22H19N3O2S. The number of nitriles is 1. The van der Waals surface area contributed by atoms with E-state index in [1.54, 1.807) is 4.90 Å². The van der Waals surface area contributed by atoms with Crippen molar-refractivity contribution in [3.05, 3.63) is 82.2 Å². The van der Waals surface area contributed by atoms with Gasteiger partial charge in [0.05, 0.1) is 18.9 Å². The molecule has 1 saturated heterocycles. The molecule has 0 N–H and O–H groups in total. The lowest BCUT2D eigenvalue weighted by Gasteiger charge is -2.29. The van der Waals surface area contributed by atoms with Crippen LogP contribution in [0.25, 0.3) is 5.70 Å².